The number of carbonyl (C=O) groups excluding carboxylic acids is 1. The van der Waals surface area contributed by atoms with Crippen molar-refractivity contribution in [3.8, 4) is 16.5 Å². The van der Waals surface area contributed by atoms with Gasteiger partial charge in [-0.25, -0.2) is 9.37 Å². The van der Waals surface area contributed by atoms with Crippen molar-refractivity contribution in [3.63, 3.8) is 0 Å². The van der Waals surface area contributed by atoms with E-state index in [-0.39, 0.29) is 23.9 Å². The van der Waals surface area contributed by atoms with Gasteiger partial charge in [0.1, 0.15) is 10.8 Å². The number of halogens is 1. The fourth-order valence-electron chi connectivity index (χ4n) is 2.52. The maximum absolute atomic E-state index is 13.6. The maximum atomic E-state index is 13.6. The van der Waals surface area contributed by atoms with E-state index >= 15 is 0 Å². The van der Waals surface area contributed by atoms with E-state index in [4.69, 9.17) is 10.7 Å². The number of hydrogen-bond acceptors (Lipinski definition) is 5. The molecule has 0 radical (unpaired) electrons. The Kier molecular flexibility index (Phi) is 3.81. The minimum atomic E-state index is -0.783. The monoisotopic (exact) mass is 343 g/mol. The summed E-state index contributed by atoms with van der Waals surface area (Å²) >= 11 is 1.31. The molecule has 1 aromatic carbocycles. The third-order valence-corrected chi connectivity index (χ3v) is 5.21. The Morgan fingerprint density at radius 1 is 1.50 bits per heavy atom. The van der Waals surface area contributed by atoms with Crippen molar-refractivity contribution in [2.75, 3.05) is 7.05 Å². The Labute approximate surface area is 142 Å². The molecule has 1 fully saturated rings. The van der Waals surface area contributed by atoms with Gasteiger partial charge in [0.2, 0.25) is 5.91 Å². The zero-order chi connectivity index (χ0) is 17.5. The molecule has 1 aliphatic rings. The van der Waals surface area contributed by atoms with Gasteiger partial charge < -0.3 is 5.32 Å². The predicted molar refractivity (Wildman–Crippen MR) is 87.8 cm³/mol. The number of rotatable bonds is 2. The van der Waals surface area contributed by atoms with E-state index in [1.54, 1.807) is 26.2 Å². The van der Waals surface area contributed by atoms with Crippen LogP contribution in [0.15, 0.2) is 24.4 Å². The molecule has 3 rings (SSSR count). The lowest BCUT2D eigenvalue weighted by atomic mass is 9.96. The van der Waals surface area contributed by atoms with Crippen LogP contribution in [0.1, 0.15) is 23.9 Å². The summed E-state index contributed by atoms with van der Waals surface area (Å²) in [5.41, 5.74) is 0.0170. The van der Waals surface area contributed by atoms with E-state index in [0.29, 0.717) is 15.4 Å². The number of hydrogen-bond donors (Lipinski definition) is 2. The Morgan fingerprint density at radius 3 is 2.92 bits per heavy atom. The number of benzene rings is 1. The van der Waals surface area contributed by atoms with Crippen LogP contribution in [0, 0.1) is 22.6 Å². The number of aromatic nitrogens is 1. The molecule has 1 amide bonds. The number of guanidine groups is 1. The summed E-state index contributed by atoms with van der Waals surface area (Å²) in [5.74, 6) is -0.641. The van der Waals surface area contributed by atoms with Crippen molar-refractivity contribution < 1.29 is 9.18 Å². The Hall–Kier alpha value is -2.79. The average molecular weight is 343 g/mol. The van der Waals surface area contributed by atoms with Crippen LogP contribution in [0.3, 0.4) is 0 Å². The van der Waals surface area contributed by atoms with Gasteiger partial charge in [-0.15, -0.1) is 11.3 Å². The molecule has 0 aliphatic carbocycles. The third-order valence-electron chi connectivity index (χ3n) is 3.90. The molecule has 2 aromatic rings. The van der Waals surface area contributed by atoms with Gasteiger partial charge >= 0.3 is 0 Å². The molecule has 1 aliphatic heterocycles. The molecular weight excluding hydrogens is 329 g/mol. The van der Waals surface area contributed by atoms with Crippen molar-refractivity contribution in [2.45, 2.75) is 18.9 Å². The Morgan fingerprint density at radius 2 is 2.25 bits per heavy atom. The van der Waals surface area contributed by atoms with E-state index in [0.717, 1.165) is 0 Å². The van der Waals surface area contributed by atoms with Gasteiger partial charge in [0, 0.05) is 13.2 Å². The summed E-state index contributed by atoms with van der Waals surface area (Å²) in [6, 6.07) is 6.04. The fourth-order valence-corrected chi connectivity index (χ4v) is 3.53. The van der Waals surface area contributed by atoms with E-state index in [1.165, 1.54) is 28.4 Å². The summed E-state index contributed by atoms with van der Waals surface area (Å²) in [5, 5.41) is 20.5. The fraction of sp³-hybridized carbons (Fsp3) is 0.250. The molecule has 24 heavy (non-hydrogen) atoms. The molecule has 1 atom stereocenters. The summed E-state index contributed by atoms with van der Waals surface area (Å²) in [6.07, 6.45) is 1.76. The SMILES string of the molecule is CN1C(=N)N[C@@](C)(c2ncc(-c3cc(F)cc(C#N)c3)s2)CC1=O. The second kappa shape index (κ2) is 5.69. The predicted octanol–water partition coefficient (Wildman–Crippen LogP) is 2.42. The first-order valence-electron chi connectivity index (χ1n) is 7.13. The molecule has 0 saturated carbocycles. The van der Waals surface area contributed by atoms with Crippen LogP contribution >= 0.6 is 11.3 Å². The number of thiazole rings is 1. The van der Waals surface area contributed by atoms with Crippen LogP contribution in [-0.2, 0) is 10.3 Å². The first-order valence-corrected chi connectivity index (χ1v) is 7.95. The quantitative estimate of drug-likeness (QED) is 0.876. The van der Waals surface area contributed by atoms with Gasteiger partial charge in [-0.1, -0.05) is 0 Å². The molecule has 0 spiro atoms. The molecular formula is C16H14FN5OS. The topological polar surface area (TPSA) is 92.9 Å². The molecule has 8 heteroatoms. The van der Waals surface area contributed by atoms with E-state index < -0.39 is 11.4 Å². The molecule has 1 saturated heterocycles. The normalized spacial score (nSPS) is 20.7. The second-order valence-corrected chi connectivity index (χ2v) is 6.84. The van der Waals surface area contributed by atoms with Crippen LogP contribution < -0.4 is 5.32 Å². The zero-order valence-corrected chi connectivity index (χ0v) is 13.9. The smallest absolute Gasteiger partial charge is 0.231 e. The van der Waals surface area contributed by atoms with Gasteiger partial charge in [0.25, 0.3) is 0 Å². The van der Waals surface area contributed by atoms with Crippen LogP contribution in [0.5, 0.6) is 0 Å². The third kappa shape index (κ3) is 2.74. The van der Waals surface area contributed by atoms with Crippen molar-refractivity contribution >= 4 is 23.2 Å². The second-order valence-electron chi connectivity index (χ2n) is 5.81. The zero-order valence-electron chi connectivity index (χ0n) is 13.1. The largest absolute Gasteiger partial charge is 0.344 e. The van der Waals surface area contributed by atoms with Crippen molar-refractivity contribution in [1.29, 1.82) is 10.7 Å². The first kappa shape index (κ1) is 16.1. The van der Waals surface area contributed by atoms with Crippen molar-refractivity contribution in [1.82, 2.24) is 15.2 Å². The summed E-state index contributed by atoms with van der Waals surface area (Å²) in [6.45, 7) is 1.81. The lowest BCUT2D eigenvalue weighted by Crippen LogP contribution is -2.58. The Balaban J connectivity index is 1.97. The summed E-state index contributed by atoms with van der Waals surface area (Å²) < 4.78 is 13.6. The number of nitriles is 1. The van der Waals surface area contributed by atoms with Crippen molar-refractivity contribution in [3.05, 3.63) is 40.8 Å². The highest BCUT2D eigenvalue weighted by atomic mass is 32.1. The standard InChI is InChI=1S/C16H14FN5OS/c1-16(6-13(23)22(2)15(19)21-16)14-20-8-12(24-14)10-3-9(7-18)4-11(17)5-10/h3-5,8H,6H2,1-2H3,(H2,19,21)/t16-/m1/s1. The summed E-state index contributed by atoms with van der Waals surface area (Å²) in [4.78, 5) is 18.3. The van der Waals surface area contributed by atoms with Gasteiger partial charge in [-0.05, 0) is 30.7 Å². The van der Waals surface area contributed by atoms with E-state index in [1.807, 2.05) is 6.07 Å². The number of amides is 1. The van der Waals surface area contributed by atoms with Crippen LogP contribution in [0.2, 0.25) is 0 Å². The molecule has 1 aromatic heterocycles. The van der Waals surface area contributed by atoms with Gasteiger partial charge in [-0.3, -0.25) is 15.1 Å². The minimum Gasteiger partial charge on any atom is -0.344 e. The number of carbonyl (C=O) groups is 1. The van der Waals surface area contributed by atoms with E-state index in [2.05, 4.69) is 10.3 Å². The van der Waals surface area contributed by atoms with E-state index in [9.17, 15) is 9.18 Å². The minimum absolute atomic E-state index is 0.0167. The molecule has 2 heterocycles. The lowest BCUT2D eigenvalue weighted by Gasteiger charge is -2.37. The lowest BCUT2D eigenvalue weighted by molar-refractivity contribution is -0.129. The van der Waals surface area contributed by atoms with Gasteiger partial charge in [0.15, 0.2) is 5.96 Å². The van der Waals surface area contributed by atoms with Crippen LogP contribution in [-0.4, -0.2) is 28.8 Å². The highest BCUT2D eigenvalue weighted by molar-refractivity contribution is 7.15. The average Bonchev–Trinajstić information content (AvgIpc) is 3.03. The molecule has 6 nitrogen and oxygen atoms in total. The Bertz CT molecular complexity index is 867. The van der Waals surface area contributed by atoms with Crippen LogP contribution in [0.4, 0.5) is 4.39 Å². The van der Waals surface area contributed by atoms with Gasteiger partial charge in [0.05, 0.1) is 28.5 Å². The highest BCUT2D eigenvalue weighted by Crippen LogP contribution is 2.36. The first-order chi connectivity index (χ1) is 11.3. The maximum Gasteiger partial charge on any atom is 0.231 e. The number of nitrogens with one attached hydrogen (secondary N) is 2. The highest BCUT2D eigenvalue weighted by Gasteiger charge is 2.40. The molecule has 122 valence electrons. The molecule has 0 bridgehead atoms. The van der Waals surface area contributed by atoms with Gasteiger partial charge in [-0.2, -0.15) is 5.26 Å². The molecule has 2 N–H and O–H groups in total. The van der Waals surface area contributed by atoms with Crippen LogP contribution in [0.25, 0.3) is 10.4 Å². The number of nitrogens with zero attached hydrogens (tertiary/aromatic N) is 3. The summed E-state index contributed by atoms with van der Waals surface area (Å²) in [7, 11) is 1.54. The van der Waals surface area contributed by atoms with Crippen molar-refractivity contribution in [2.24, 2.45) is 0 Å². The molecule has 0 unspecified atom stereocenters.